The van der Waals surface area contributed by atoms with Crippen LogP contribution in [0.2, 0.25) is 0 Å². The van der Waals surface area contributed by atoms with E-state index in [1.165, 1.54) is 0 Å². The normalized spacial score (nSPS) is 12.7. The highest BCUT2D eigenvalue weighted by Crippen LogP contribution is 2.13. The van der Waals surface area contributed by atoms with Gasteiger partial charge in [-0.25, -0.2) is 4.68 Å². The van der Waals surface area contributed by atoms with Crippen LogP contribution in [0.3, 0.4) is 0 Å². The van der Waals surface area contributed by atoms with Crippen LogP contribution in [0, 0.1) is 6.92 Å². The van der Waals surface area contributed by atoms with Crippen LogP contribution in [-0.4, -0.2) is 14.8 Å². The van der Waals surface area contributed by atoms with Gasteiger partial charge in [-0.3, -0.25) is 14.9 Å². The number of hydrogen-bond acceptors (Lipinski definition) is 2. The fourth-order valence-corrected chi connectivity index (χ4v) is 1.61. The number of hydrogen-bond donors (Lipinski definition) is 1. The van der Waals surface area contributed by atoms with Crippen LogP contribution in [0.1, 0.15) is 24.2 Å². The first-order chi connectivity index (χ1) is 7.18. The molecular formula is C11H13N3O. The van der Waals surface area contributed by atoms with Crippen LogP contribution in [0.15, 0.2) is 35.4 Å². The Morgan fingerprint density at radius 3 is 2.60 bits per heavy atom. The molecule has 2 aromatic rings. The molecule has 0 aliphatic carbocycles. The molecule has 0 saturated heterocycles. The molecule has 1 unspecified atom stereocenters. The quantitative estimate of drug-likeness (QED) is 0.803. The average molecular weight is 203 g/mol. The zero-order chi connectivity index (χ0) is 10.8. The summed E-state index contributed by atoms with van der Waals surface area (Å²) in [4.78, 5) is 15.5. The molecule has 0 fully saturated rings. The summed E-state index contributed by atoms with van der Waals surface area (Å²) >= 11 is 0. The van der Waals surface area contributed by atoms with Gasteiger partial charge in [0, 0.05) is 24.2 Å². The van der Waals surface area contributed by atoms with E-state index in [1.54, 1.807) is 23.1 Å². The zero-order valence-corrected chi connectivity index (χ0v) is 8.77. The van der Waals surface area contributed by atoms with Gasteiger partial charge in [0.05, 0.1) is 6.04 Å². The Hall–Kier alpha value is -1.84. The summed E-state index contributed by atoms with van der Waals surface area (Å²) in [6.07, 6.45) is 3.46. The summed E-state index contributed by atoms with van der Waals surface area (Å²) in [7, 11) is 0. The van der Waals surface area contributed by atoms with E-state index in [0.29, 0.717) is 0 Å². The Labute approximate surface area is 87.6 Å². The van der Waals surface area contributed by atoms with Gasteiger partial charge in [-0.2, -0.15) is 0 Å². The standard InChI is InChI=1S/C11H13N3O/c1-8-7-11(15)14(13-8)9(2)10-3-5-12-6-4-10/h3-7,9,13H,1-2H3. The number of nitrogens with zero attached hydrogens (tertiary/aromatic N) is 2. The molecule has 4 nitrogen and oxygen atoms in total. The molecule has 4 heteroatoms. The average Bonchev–Trinajstić information content (AvgIpc) is 2.58. The predicted molar refractivity (Wildman–Crippen MR) is 57.8 cm³/mol. The minimum Gasteiger partial charge on any atom is -0.299 e. The van der Waals surface area contributed by atoms with Crippen LogP contribution in [0.5, 0.6) is 0 Å². The van der Waals surface area contributed by atoms with E-state index >= 15 is 0 Å². The summed E-state index contributed by atoms with van der Waals surface area (Å²) in [5, 5.41) is 3.03. The summed E-state index contributed by atoms with van der Waals surface area (Å²) in [6.45, 7) is 3.85. The minimum absolute atomic E-state index is 0.00295. The molecular weight excluding hydrogens is 190 g/mol. The van der Waals surface area contributed by atoms with Crippen LogP contribution in [0.4, 0.5) is 0 Å². The Morgan fingerprint density at radius 1 is 1.40 bits per heavy atom. The fraction of sp³-hybridized carbons (Fsp3) is 0.273. The Morgan fingerprint density at radius 2 is 2.07 bits per heavy atom. The molecule has 15 heavy (non-hydrogen) atoms. The number of nitrogens with one attached hydrogen (secondary N) is 1. The van der Waals surface area contributed by atoms with Crippen molar-refractivity contribution in [2.75, 3.05) is 0 Å². The monoisotopic (exact) mass is 203 g/mol. The van der Waals surface area contributed by atoms with Gasteiger partial charge in [-0.1, -0.05) is 0 Å². The van der Waals surface area contributed by atoms with Gasteiger partial charge < -0.3 is 0 Å². The molecule has 2 aromatic heterocycles. The van der Waals surface area contributed by atoms with Gasteiger partial charge in [0.15, 0.2) is 0 Å². The summed E-state index contributed by atoms with van der Waals surface area (Å²) in [5.74, 6) is 0. The van der Waals surface area contributed by atoms with E-state index in [2.05, 4.69) is 10.1 Å². The molecule has 0 radical (unpaired) electrons. The smallest absolute Gasteiger partial charge is 0.267 e. The third kappa shape index (κ3) is 1.83. The fourth-order valence-electron chi connectivity index (χ4n) is 1.61. The minimum atomic E-state index is -0.00295. The number of aryl methyl sites for hydroxylation is 1. The Kier molecular flexibility index (Phi) is 2.41. The van der Waals surface area contributed by atoms with Crippen LogP contribution in [-0.2, 0) is 0 Å². The van der Waals surface area contributed by atoms with Gasteiger partial charge in [-0.05, 0) is 31.5 Å². The highest BCUT2D eigenvalue weighted by molar-refractivity contribution is 5.15. The maximum Gasteiger partial charge on any atom is 0.267 e. The summed E-state index contributed by atoms with van der Waals surface area (Å²) in [6, 6.07) is 5.42. The third-order valence-corrected chi connectivity index (χ3v) is 2.45. The second-order valence-corrected chi connectivity index (χ2v) is 3.60. The SMILES string of the molecule is Cc1cc(=O)n(C(C)c2ccncc2)[nH]1. The van der Waals surface area contributed by atoms with Crippen molar-refractivity contribution in [3.63, 3.8) is 0 Å². The lowest BCUT2D eigenvalue weighted by molar-refractivity contribution is 0.544. The third-order valence-electron chi connectivity index (χ3n) is 2.45. The van der Waals surface area contributed by atoms with Crippen molar-refractivity contribution < 1.29 is 0 Å². The van der Waals surface area contributed by atoms with Crippen molar-refractivity contribution in [3.05, 3.63) is 52.2 Å². The lowest BCUT2D eigenvalue weighted by Gasteiger charge is -2.12. The molecule has 2 rings (SSSR count). The van der Waals surface area contributed by atoms with Crippen molar-refractivity contribution in [1.29, 1.82) is 0 Å². The predicted octanol–water partition coefficient (Wildman–Crippen LogP) is 1.49. The van der Waals surface area contributed by atoms with Gasteiger partial charge >= 0.3 is 0 Å². The van der Waals surface area contributed by atoms with Crippen LogP contribution in [0.25, 0.3) is 0 Å². The first-order valence-corrected chi connectivity index (χ1v) is 4.86. The highest BCUT2D eigenvalue weighted by Gasteiger charge is 2.10. The molecule has 1 N–H and O–H groups in total. The molecule has 0 aromatic carbocycles. The molecule has 0 bridgehead atoms. The first-order valence-electron chi connectivity index (χ1n) is 4.86. The number of aromatic nitrogens is 3. The lowest BCUT2D eigenvalue weighted by atomic mass is 10.1. The molecule has 2 heterocycles. The summed E-state index contributed by atoms with van der Waals surface area (Å²) < 4.78 is 1.62. The zero-order valence-electron chi connectivity index (χ0n) is 8.77. The highest BCUT2D eigenvalue weighted by atomic mass is 16.1. The Bertz CT molecular complexity index is 498. The maximum atomic E-state index is 11.6. The first kappa shape index (κ1) is 9.71. The van der Waals surface area contributed by atoms with E-state index in [4.69, 9.17) is 0 Å². The van der Waals surface area contributed by atoms with E-state index in [0.717, 1.165) is 11.3 Å². The maximum absolute atomic E-state index is 11.6. The van der Waals surface area contributed by atoms with Crippen LogP contribution >= 0.6 is 0 Å². The largest absolute Gasteiger partial charge is 0.299 e. The molecule has 0 aliphatic rings. The molecule has 0 saturated carbocycles. The van der Waals surface area contributed by atoms with Crippen molar-refractivity contribution in [3.8, 4) is 0 Å². The second-order valence-electron chi connectivity index (χ2n) is 3.60. The van der Waals surface area contributed by atoms with E-state index < -0.39 is 0 Å². The number of H-pyrrole nitrogens is 1. The number of aromatic amines is 1. The molecule has 1 atom stereocenters. The topological polar surface area (TPSA) is 50.7 Å². The van der Waals surface area contributed by atoms with E-state index in [1.807, 2.05) is 26.0 Å². The van der Waals surface area contributed by atoms with Gasteiger partial charge in [0.2, 0.25) is 0 Å². The Balaban J connectivity index is 2.41. The second kappa shape index (κ2) is 3.73. The molecule has 0 spiro atoms. The molecule has 78 valence electrons. The van der Waals surface area contributed by atoms with Crippen molar-refractivity contribution in [2.45, 2.75) is 19.9 Å². The van der Waals surface area contributed by atoms with E-state index in [9.17, 15) is 4.79 Å². The summed E-state index contributed by atoms with van der Waals surface area (Å²) in [5.41, 5.74) is 1.94. The molecule has 0 amide bonds. The molecule has 0 aliphatic heterocycles. The van der Waals surface area contributed by atoms with Gasteiger partial charge in [0.1, 0.15) is 0 Å². The lowest BCUT2D eigenvalue weighted by Crippen LogP contribution is -2.20. The number of pyridine rings is 1. The van der Waals surface area contributed by atoms with Gasteiger partial charge in [-0.15, -0.1) is 0 Å². The van der Waals surface area contributed by atoms with Crippen molar-refractivity contribution in [2.24, 2.45) is 0 Å². The number of rotatable bonds is 2. The van der Waals surface area contributed by atoms with Crippen molar-refractivity contribution >= 4 is 0 Å². The van der Waals surface area contributed by atoms with Crippen LogP contribution < -0.4 is 5.56 Å². The van der Waals surface area contributed by atoms with Crippen molar-refractivity contribution in [1.82, 2.24) is 14.8 Å². The van der Waals surface area contributed by atoms with Gasteiger partial charge in [0.25, 0.3) is 5.56 Å². The van der Waals surface area contributed by atoms with E-state index in [-0.39, 0.29) is 11.6 Å².